The number of benzene rings is 2. The average molecular weight is 508 g/mol. The molecule has 0 fully saturated rings. The van der Waals surface area contributed by atoms with Crippen LogP contribution in [0.15, 0.2) is 59.5 Å². The van der Waals surface area contributed by atoms with Gasteiger partial charge in [-0.25, -0.2) is 12.7 Å². The molecule has 0 saturated heterocycles. The summed E-state index contributed by atoms with van der Waals surface area (Å²) in [5, 5.41) is 3.47. The maximum absolute atomic E-state index is 13.2. The number of hydrogen-bond acceptors (Lipinski definition) is 4. The highest BCUT2D eigenvalue weighted by molar-refractivity contribution is 7.89. The van der Waals surface area contributed by atoms with E-state index in [9.17, 15) is 18.0 Å². The Hall–Kier alpha value is -2.42. The SMILES string of the molecule is CC(C)CNC(=O)C(C)N(Cc1ccc(Cl)cc1)C(=O)CCCN(C)S(=O)(=O)c1ccccc1. The Bertz CT molecular complexity index is 1040. The van der Waals surface area contributed by atoms with Crippen molar-refractivity contribution in [2.75, 3.05) is 20.1 Å². The maximum atomic E-state index is 13.2. The smallest absolute Gasteiger partial charge is 0.242 e. The second-order valence-corrected chi connectivity index (χ2v) is 11.2. The zero-order valence-corrected chi connectivity index (χ0v) is 21.8. The van der Waals surface area contributed by atoms with Crippen LogP contribution < -0.4 is 5.32 Å². The molecular formula is C25H34ClN3O4S. The fourth-order valence-electron chi connectivity index (χ4n) is 3.31. The number of nitrogens with zero attached hydrogens (tertiary/aromatic N) is 2. The number of rotatable bonds is 12. The van der Waals surface area contributed by atoms with Gasteiger partial charge in [-0.15, -0.1) is 0 Å². The van der Waals surface area contributed by atoms with Gasteiger partial charge in [-0.1, -0.05) is 55.8 Å². The van der Waals surface area contributed by atoms with Gasteiger partial charge in [-0.3, -0.25) is 9.59 Å². The Morgan fingerprint density at radius 3 is 2.21 bits per heavy atom. The predicted octanol–water partition coefficient (Wildman–Crippen LogP) is 3.93. The molecule has 7 nitrogen and oxygen atoms in total. The second kappa shape index (κ2) is 12.9. The van der Waals surface area contributed by atoms with E-state index in [1.807, 2.05) is 26.0 Å². The first kappa shape index (κ1) is 27.8. The lowest BCUT2D eigenvalue weighted by Crippen LogP contribution is -2.48. The third-order valence-electron chi connectivity index (χ3n) is 5.43. The van der Waals surface area contributed by atoms with E-state index in [0.717, 1.165) is 5.56 Å². The van der Waals surface area contributed by atoms with Gasteiger partial charge in [0.1, 0.15) is 6.04 Å². The van der Waals surface area contributed by atoms with Gasteiger partial charge in [0.2, 0.25) is 21.8 Å². The van der Waals surface area contributed by atoms with E-state index in [-0.39, 0.29) is 36.2 Å². The first-order valence-corrected chi connectivity index (χ1v) is 13.2. The zero-order chi connectivity index (χ0) is 25.3. The minimum absolute atomic E-state index is 0.115. The van der Waals surface area contributed by atoms with Gasteiger partial charge < -0.3 is 10.2 Å². The standard InChI is InChI=1S/C25H34ClN3O4S/c1-19(2)17-27-25(31)20(3)29(18-21-12-14-22(26)15-13-21)24(30)11-8-16-28(4)34(32,33)23-9-6-5-7-10-23/h5-7,9-10,12-15,19-20H,8,11,16-18H2,1-4H3,(H,27,31). The van der Waals surface area contributed by atoms with Crippen LogP contribution in [-0.2, 0) is 26.2 Å². The van der Waals surface area contributed by atoms with Crippen LogP contribution in [0, 0.1) is 5.92 Å². The fourth-order valence-corrected chi connectivity index (χ4v) is 4.67. The summed E-state index contributed by atoms with van der Waals surface area (Å²) in [4.78, 5) is 27.6. The quantitative estimate of drug-likeness (QED) is 0.471. The molecule has 9 heteroatoms. The van der Waals surface area contributed by atoms with Crippen molar-refractivity contribution in [1.82, 2.24) is 14.5 Å². The summed E-state index contributed by atoms with van der Waals surface area (Å²) in [7, 11) is -2.12. The molecule has 2 aromatic carbocycles. The predicted molar refractivity (Wildman–Crippen MR) is 135 cm³/mol. The van der Waals surface area contributed by atoms with Crippen LogP contribution in [0.5, 0.6) is 0 Å². The fraction of sp³-hybridized carbons (Fsp3) is 0.440. The van der Waals surface area contributed by atoms with Crippen molar-refractivity contribution in [2.45, 2.75) is 51.1 Å². The van der Waals surface area contributed by atoms with Crippen molar-refractivity contribution < 1.29 is 18.0 Å². The molecule has 2 rings (SSSR count). The molecule has 0 aromatic heterocycles. The summed E-state index contributed by atoms with van der Waals surface area (Å²) in [6.45, 7) is 6.67. The van der Waals surface area contributed by atoms with Crippen molar-refractivity contribution in [2.24, 2.45) is 5.92 Å². The normalized spacial score (nSPS) is 12.6. The lowest BCUT2D eigenvalue weighted by Gasteiger charge is -2.29. The molecule has 0 spiro atoms. The van der Waals surface area contributed by atoms with Crippen molar-refractivity contribution in [3.63, 3.8) is 0 Å². The van der Waals surface area contributed by atoms with Gasteiger partial charge in [-0.2, -0.15) is 0 Å². The Morgan fingerprint density at radius 2 is 1.62 bits per heavy atom. The number of amides is 2. The highest BCUT2D eigenvalue weighted by Gasteiger charge is 2.27. The van der Waals surface area contributed by atoms with E-state index in [2.05, 4.69) is 5.32 Å². The van der Waals surface area contributed by atoms with Gasteiger partial charge in [0.05, 0.1) is 4.90 Å². The van der Waals surface area contributed by atoms with Crippen LogP contribution in [0.25, 0.3) is 0 Å². The minimum atomic E-state index is -3.62. The lowest BCUT2D eigenvalue weighted by molar-refractivity contribution is -0.140. The third-order valence-corrected chi connectivity index (χ3v) is 7.56. The minimum Gasteiger partial charge on any atom is -0.354 e. The molecule has 2 aromatic rings. The molecule has 1 N–H and O–H groups in total. The van der Waals surface area contributed by atoms with E-state index in [1.165, 1.54) is 16.3 Å². The monoisotopic (exact) mass is 507 g/mol. The summed E-state index contributed by atoms with van der Waals surface area (Å²) in [5.41, 5.74) is 0.852. The number of halogens is 1. The second-order valence-electron chi connectivity index (χ2n) is 8.71. The van der Waals surface area contributed by atoms with E-state index < -0.39 is 16.1 Å². The van der Waals surface area contributed by atoms with Crippen LogP contribution in [0.4, 0.5) is 0 Å². The van der Waals surface area contributed by atoms with Crippen molar-refractivity contribution in [3.8, 4) is 0 Å². The van der Waals surface area contributed by atoms with Crippen LogP contribution in [-0.4, -0.2) is 55.6 Å². The van der Waals surface area contributed by atoms with Gasteiger partial charge in [0, 0.05) is 38.1 Å². The van der Waals surface area contributed by atoms with Gasteiger partial charge in [0.15, 0.2) is 0 Å². The Morgan fingerprint density at radius 1 is 1.00 bits per heavy atom. The summed E-state index contributed by atoms with van der Waals surface area (Å²) in [5.74, 6) is -0.147. The molecule has 34 heavy (non-hydrogen) atoms. The molecule has 0 heterocycles. The Labute approximate surface area is 208 Å². The zero-order valence-electron chi connectivity index (χ0n) is 20.2. The average Bonchev–Trinajstić information content (AvgIpc) is 2.82. The third kappa shape index (κ3) is 8.11. The summed E-state index contributed by atoms with van der Waals surface area (Å²) in [6, 6.07) is 14.6. The number of nitrogens with one attached hydrogen (secondary N) is 1. The van der Waals surface area contributed by atoms with Gasteiger partial charge >= 0.3 is 0 Å². The molecule has 2 amide bonds. The molecule has 186 valence electrons. The van der Waals surface area contributed by atoms with E-state index >= 15 is 0 Å². The number of sulfonamides is 1. The molecule has 0 bridgehead atoms. The number of carbonyl (C=O) groups excluding carboxylic acids is 2. The van der Waals surface area contributed by atoms with E-state index in [1.54, 1.807) is 49.4 Å². The highest BCUT2D eigenvalue weighted by Crippen LogP contribution is 2.17. The molecule has 1 unspecified atom stereocenters. The van der Waals surface area contributed by atoms with Crippen LogP contribution >= 0.6 is 11.6 Å². The molecule has 0 aliphatic heterocycles. The van der Waals surface area contributed by atoms with Crippen molar-refractivity contribution >= 4 is 33.4 Å². The largest absolute Gasteiger partial charge is 0.354 e. The van der Waals surface area contributed by atoms with Crippen LogP contribution in [0.3, 0.4) is 0 Å². The van der Waals surface area contributed by atoms with E-state index in [0.29, 0.717) is 23.9 Å². The van der Waals surface area contributed by atoms with Gasteiger partial charge in [0.25, 0.3) is 0 Å². The Balaban J connectivity index is 2.06. The highest BCUT2D eigenvalue weighted by atomic mass is 35.5. The first-order chi connectivity index (χ1) is 16.0. The molecule has 1 atom stereocenters. The number of hydrogen-bond donors (Lipinski definition) is 1. The summed E-state index contributed by atoms with van der Waals surface area (Å²) < 4.78 is 26.7. The topological polar surface area (TPSA) is 86.8 Å². The van der Waals surface area contributed by atoms with Crippen molar-refractivity contribution in [1.29, 1.82) is 0 Å². The molecule has 0 saturated carbocycles. The summed E-state index contributed by atoms with van der Waals surface area (Å²) in [6.07, 6.45) is 0.447. The van der Waals surface area contributed by atoms with Crippen molar-refractivity contribution in [3.05, 3.63) is 65.2 Å². The molecular weight excluding hydrogens is 474 g/mol. The lowest BCUT2D eigenvalue weighted by atomic mass is 10.1. The van der Waals surface area contributed by atoms with Gasteiger partial charge in [-0.05, 0) is 49.1 Å². The Kier molecular flexibility index (Phi) is 10.5. The molecule has 0 aliphatic carbocycles. The first-order valence-electron chi connectivity index (χ1n) is 11.4. The van der Waals surface area contributed by atoms with Crippen LogP contribution in [0.1, 0.15) is 39.2 Å². The molecule has 0 radical (unpaired) electrons. The molecule has 0 aliphatic rings. The van der Waals surface area contributed by atoms with Crippen LogP contribution in [0.2, 0.25) is 5.02 Å². The van der Waals surface area contributed by atoms with E-state index in [4.69, 9.17) is 11.6 Å². The maximum Gasteiger partial charge on any atom is 0.242 e. The number of carbonyl (C=O) groups is 2. The summed E-state index contributed by atoms with van der Waals surface area (Å²) >= 11 is 5.98.